The van der Waals surface area contributed by atoms with Crippen molar-refractivity contribution in [1.82, 2.24) is 25.4 Å². The van der Waals surface area contributed by atoms with Gasteiger partial charge in [0.25, 0.3) is 5.91 Å². The molecule has 3 unspecified atom stereocenters. The van der Waals surface area contributed by atoms with Crippen molar-refractivity contribution < 1.29 is 38.1 Å². The number of rotatable bonds is 24. The number of carboxylic acid groups (broad SMARTS) is 1. The molecule has 0 spiro atoms. The number of carboxylic acids is 1. The molecule has 2 aromatic rings. The zero-order valence-corrected chi connectivity index (χ0v) is 38.1. The van der Waals surface area contributed by atoms with Crippen LogP contribution in [0.1, 0.15) is 147 Å². The number of ether oxygens (including phenoxy) is 2. The molecule has 0 bridgehead atoms. The molecule has 4 rings (SSSR count). The first-order valence-electron chi connectivity index (χ1n) is 22.0. The Morgan fingerprint density at radius 2 is 1.85 bits per heavy atom. The van der Waals surface area contributed by atoms with Gasteiger partial charge >= 0.3 is 5.97 Å². The first-order valence-corrected chi connectivity index (χ1v) is 22.9. The molecule has 2 aliphatic heterocycles. The number of carbonyl (C=O) groups is 4. The molecule has 0 aliphatic carbocycles. The second-order valence-corrected chi connectivity index (χ2v) is 18.9. The summed E-state index contributed by atoms with van der Waals surface area (Å²) in [6, 6.07) is 2.41. The molecule has 2 fully saturated rings. The molecule has 1 aromatic carbocycles. The Balaban J connectivity index is 1.63. The Bertz CT molecular complexity index is 1740. The first kappa shape index (κ1) is 49.0. The SMILES string of the molecule is CCCCCCN(C(=O)[C@@H](NC(=O)[C@H]1CCCCN1C)[C@@H](C)CC)[C@H](C[C@@H](OC1OC1C)c1nc(C(=O)NC(Cc2ccc(F)c(N)c2)CC(C)(C)C(=O)O)cs1)C(C)C. The predicted molar refractivity (Wildman–Crippen MR) is 233 cm³/mol. The lowest BCUT2D eigenvalue weighted by molar-refractivity contribution is -0.147. The van der Waals surface area contributed by atoms with Crippen molar-refractivity contribution in [2.24, 2.45) is 17.3 Å². The number of thiazole rings is 1. The lowest BCUT2D eigenvalue weighted by atomic mass is 9.84. The van der Waals surface area contributed by atoms with Crippen molar-refractivity contribution >= 4 is 40.7 Å². The molecule has 15 heteroatoms. The summed E-state index contributed by atoms with van der Waals surface area (Å²) in [5.41, 5.74) is 5.41. The molecule has 2 aliphatic rings. The van der Waals surface area contributed by atoms with E-state index in [9.17, 15) is 28.7 Å². The topological polar surface area (TPSA) is 180 Å². The number of nitrogens with two attached hydrogens (primary N) is 1. The quantitative estimate of drug-likeness (QED) is 0.0474. The number of unbranched alkanes of at least 4 members (excludes halogenated alkanes) is 3. The van der Waals surface area contributed by atoms with Crippen LogP contribution in [0.25, 0.3) is 0 Å². The highest BCUT2D eigenvalue weighted by Gasteiger charge is 2.42. The summed E-state index contributed by atoms with van der Waals surface area (Å²) in [4.78, 5) is 63.6. The molecule has 0 radical (unpaired) electrons. The third-order valence-corrected chi connectivity index (χ3v) is 13.1. The Kier molecular flexibility index (Phi) is 18.3. The molecule has 1 aromatic heterocycles. The number of aliphatic carboxylic acids is 1. The second kappa shape index (κ2) is 22.4. The van der Waals surface area contributed by atoms with Crippen LogP contribution in [-0.4, -0.2) is 100 Å². The van der Waals surface area contributed by atoms with E-state index < -0.39 is 47.6 Å². The van der Waals surface area contributed by atoms with Crippen molar-refractivity contribution in [2.75, 3.05) is 25.9 Å². The fourth-order valence-corrected chi connectivity index (χ4v) is 8.86. The molecule has 13 nitrogen and oxygen atoms in total. The zero-order valence-electron chi connectivity index (χ0n) is 37.3. The lowest BCUT2D eigenvalue weighted by Crippen LogP contribution is -2.59. The smallest absolute Gasteiger partial charge is 0.309 e. The van der Waals surface area contributed by atoms with E-state index in [4.69, 9.17) is 20.2 Å². The van der Waals surface area contributed by atoms with Gasteiger partial charge in [-0.25, -0.2) is 9.37 Å². The predicted octanol–water partition coefficient (Wildman–Crippen LogP) is 7.35. The Hall–Kier alpha value is -3.66. The van der Waals surface area contributed by atoms with E-state index in [0.29, 0.717) is 30.0 Å². The number of hydrogen-bond acceptors (Lipinski definition) is 10. The molecule has 5 N–H and O–H groups in total. The molecular formula is C45H71FN6O7S. The number of anilines is 1. The van der Waals surface area contributed by atoms with Crippen molar-refractivity contribution in [3.05, 3.63) is 45.7 Å². The van der Waals surface area contributed by atoms with Crippen LogP contribution in [0.2, 0.25) is 0 Å². The van der Waals surface area contributed by atoms with Crippen molar-refractivity contribution in [2.45, 2.75) is 169 Å². The summed E-state index contributed by atoms with van der Waals surface area (Å²) in [5, 5.41) is 18.3. The normalized spacial score (nSPS) is 20.8. The van der Waals surface area contributed by atoms with Gasteiger partial charge in [-0.05, 0) is 96.0 Å². The average Bonchev–Trinajstić information content (AvgIpc) is 3.66. The van der Waals surface area contributed by atoms with E-state index in [1.807, 2.05) is 32.7 Å². The minimum Gasteiger partial charge on any atom is -0.481 e. The van der Waals surface area contributed by atoms with Gasteiger partial charge in [-0.1, -0.05) is 72.8 Å². The summed E-state index contributed by atoms with van der Waals surface area (Å²) in [7, 11) is 1.97. The molecule has 2 saturated heterocycles. The van der Waals surface area contributed by atoms with Crippen molar-refractivity contribution in [1.29, 1.82) is 0 Å². The number of piperidine rings is 1. The Morgan fingerprint density at radius 1 is 1.13 bits per heavy atom. The van der Waals surface area contributed by atoms with Crippen LogP contribution < -0.4 is 16.4 Å². The van der Waals surface area contributed by atoms with Crippen molar-refractivity contribution in [3.8, 4) is 0 Å². The minimum atomic E-state index is -1.18. The molecule has 3 heterocycles. The summed E-state index contributed by atoms with van der Waals surface area (Å²) in [6.07, 6.45) is 6.87. The highest BCUT2D eigenvalue weighted by Crippen LogP contribution is 2.37. The summed E-state index contributed by atoms with van der Waals surface area (Å²) >= 11 is 1.28. The highest BCUT2D eigenvalue weighted by molar-refractivity contribution is 7.09. The molecule has 8 atom stereocenters. The number of likely N-dealkylation sites (tertiary alicyclic amines) is 1. The van der Waals surface area contributed by atoms with Crippen LogP contribution in [0.15, 0.2) is 23.6 Å². The van der Waals surface area contributed by atoms with Crippen LogP contribution in [0, 0.1) is 23.1 Å². The van der Waals surface area contributed by atoms with Gasteiger partial charge in [0.1, 0.15) is 34.8 Å². The van der Waals surface area contributed by atoms with Gasteiger partial charge in [0, 0.05) is 30.4 Å². The zero-order chi connectivity index (χ0) is 44.3. The van der Waals surface area contributed by atoms with E-state index in [1.54, 1.807) is 25.3 Å². The molecule has 3 amide bonds. The average molecular weight is 859 g/mol. The van der Waals surface area contributed by atoms with Gasteiger partial charge in [-0.15, -0.1) is 11.3 Å². The van der Waals surface area contributed by atoms with Gasteiger partial charge in [0.2, 0.25) is 11.8 Å². The second-order valence-electron chi connectivity index (χ2n) is 18.0. The molecular weight excluding hydrogens is 788 g/mol. The maximum absolute atomic E-state index is 15.0. The van der Waals surface area contributed by atoms with Crippen LogP contribution in [0.4, 0.5) is 10.1 Å². The van der Waals surface area contributed by atoms with E-state index in [1.165, 1.54) is 23.5 Å². The maximum Gasteiger partial charge on any atom is 0.309 e. The van der Waals surface area contributed by atoms with E-state index in [2.05, 4.69) is 36.3 Å². The minimum absolute atomic E-state index is 0.00288. The van der Waals surface area contributed by atoms with Crippen LogP contribution >= 0.6 is 11.3 Å². The maximum atomic E-state index is 15.0. The first-order chi connectivity index (χ1) is 28.4. The van der Waals surface area contributed by atoms with Crippen LogP contribution in [0.5, 0.6) is 0 Å². The lowest BCUT2D eigenvalue weighted by Gasteiger charge is -2.40. The van der Waals surface area contributed by atoms with Gasteiger partial charge in [0.15, 0.2) is 6.29 Å². The summed E-state index contributed by atoms with van der Waals surface area (Å²) < 4.78 is 26.2. The molecule has 336 valence electrons. The van der Waals surface area contributed by atoms with Gasteiger partial charge in [-0.3, -0.25) is 24.1 Å². The van der Waals surface area contributed by atoms with E-state index >= 15 is 0 Å². The number of hydrogen-bond donors (Lipinski definition) is 4. The monoisotopic (exact) mass is 859 g/mol. The highest BCUT2D eigenvalue weighted by atomic mass is 32.1. The molecule has 0 saturated carbocycles. The standard InChI is InChI=1S/C45H71FN6O7S/c1-10-12-13-15-21-52(42(55)38(28(5)11-2)50-40(54)35-17-14-16-20-51(35)9)36(27(3)4)24-37(59-43-29(6)58-43)41-49-34(26-60-41)39(53)48-31(25-45(7,8)44(56)57)22-30-18-19-32(46)33(47)23-30/h18-19,23,26-29,31,35-38,43H,10-17,20-22,24-25,47H2,1-9H3,(H,48,53)(H,50,54)(H,56,57)/t28-,29?,31?,35+,36+,37+,38-,43?/m0/s1. The van der Waals surface area contributed by atoms with Crippen molar-refractivity contribution in [3.63, 3.8) is 0 Å². The number of likely N-dealkylation sites (N-methyl/N-ethyl adjacent to an activating group) is 1. The summed E-state index contributed by atoms with van der Waals surface area (Å²) in [5.74, 6) is -2.36. The Morgan fingerprint density at radius 3 is 2.45 bits per heavy atom. The number of amides is 3. The fraction of sp³-hybridized carbons (Fsp3) is 0.711. The number of nitrogen functional groups attached to an aromatic ring is 1. The largest absolute Gasteiger partial charge is 0.481 e. The van der Waals surface area contributed by atoms with Gasteiger partial charge in [-0.2, -0.15) is 0 Å². The number of halogens is 1. The third-order valence-electron chi connectivity index (χ3n) is 12.2. The fourth-order valence-electron chi connectivity index (χ4n) is 8.01. The number of epoxide rings is 1. The number of benzene rings is 1. The number of carbonyl (C=O) groups excluding carboxylic acids is 3. The van der Waals surface area contributed by atoms with E-state index in [-0.39, 0.29) is 66.1 Å². The van der Waals surface area contributed by atoms with Crippen LogP contribution in [-0.2, 0) is 30.3 Å². The third kappa shape index (κ3) is 13.7. The van der Waals surface area contributed by atoms with Crippen LogP contribution in [0.3, 0.4) is 0 Å². The van der Waals surface area contributed by atoms with Gasteiger partial charge in [0.05, 0.1) is 17.1 Å². The van der Waals surface area contributed by atoms with Gasteiger partial charge < -0.3 is 35.8 Å². The number of nitrogens with zero attached hydrogens (tertiary/aromatic N) is 3. The molecule has 60 heavy (non-hydrogen) atoms. The number of aromatic nitrogens is 1. The summed E-state index contributed by atoms with van der Waals surface area (Å²) in [6.45, 7) is 16.9. The van der Waals surface area contributed by atoms with E-state index in [0.717, 1.165) is 51.5 Å². The Labute approximate surface area is 360 Å². The number of nitrogens with one attached hydrogen (secondary N) is 2.